The lowest BCUT2D eigenvalue weighted by molar-refractivity contribution is -0.107. The van der Waals surface area contributed by atoms with Crippen LogP contribution in [0, 0.1) is 0 Å². The summed E-state index contributed by atoms with van der Waals surface area (Å²) in [4.78, 5) is 17.0. The predicted molar refractivity (Wildman–Crippen MR) is 55.5 cm³/mol. The van der Waals surface area contributed by atoms with E-state index >= 15 is 0 Å². The average molecular weight is 190 g/mol. The molecular weight excluding hydrogens is 176 g/mol. The van der Waals surface area contributed by atoms with E-state index in [9.17, 15) is 4.79 Å². The molecule has 0 radical (unpaired) electrons. The zero-order valence-electron chi connectivity index (χ0n) is 8.15. The number of hydrogen-bond donors (Lipinski definition) is 0. The number of hydrogen-bond acceptors (Lipinski definition) is 3. The van der Waals surface area contributed by atoms with Crippen molar-refractivity contribution >= 4 is 12.1 Å². The molecule has 1 saturated heterocycles. The van der Waals surface area contributed by atoms with Crippen molar-refractivity contribution in [1.82, 2.24) is 4.98 Å². The van der Waals surface area contributed by atoms with Crippen LogP contribution >= 0.6 is 0 Å². The highest BCUT2D eigenvalue weighted by Crippen LogP contribution is 2.18. The SMILES string of the molecule is O=CCc1ccnc(N2CCCC2)c1. The predicted octanol–water partition coefficient (Wildman–Crippen LogP) is 1.42. The zero-order chi connectivity index (χ0) is 9.80. The summed E-state index contributed by atoms with van der Waals surface area (Å²) in [5.74, 6) is 1.02. The van der Waals surface area contributed by atoms with Gasteiger partial charge < -0.3 is 9.69 Å². The van der Waals surface area contributed by atoms with E-state index < -0.39 is 0 Å². The molecule has 1 aliphatic rings. The van der Waals surface area contributed by atoms with Crippen LogP contribution in [0.25, 0.3) is 0 Å². The lowest BCUT2D eigenvalue weighted by atomic mass is 10.2. The number of carbonyl (C=O) groups is 1. The number of rotatable bonds is 3. The van der Waals surface area contributed by atoms with Crippen LogP contribution in [-0.2, 0) is 11.2 Å². The fourth-order valence-corrected chi connectivity index (χ4v) is 1.80. The molecule has 2 rings (SSSR count). The van der Waals surface area contributed by atoms with Gasteiger partial charge >= 0.3 is 0 Å². The Morgan fingerprint density at radius 2 is 2.21 bits per heavy atom. The van der Waals surface area contributed by atoms with Crippen LogP contribution in [0.4, 0.5) is 5.82 Å². The molecule has 0 N–H and O–H groups in total. The molecule has 0 aromatic carbocycles. The number of nitrogens with zero attached hydrogens (tertiary/aromatic N) is 2. The third-order valence-corrected chi connectivity index (χ3v) is 2.56. The second-order valence-corrected chi connectivity index (χ2v) is 3.59. The summed E-state index contributed by atoms with van der Waals surface area (Å²) in [6.07, 6.45) is 5.71. The van der Waals surface area contributed by atoms with Gasteiger partial charge in [-0.15, -0.1) is 0 Å². The Hall–Kier alpha value is -1.38. The van der Waals surface area contributed by atoms with E-state index in [0.29, 0.717) is 6.42 Å². The van der Waals surface area contributed by atoms with Crippen molar-refractivity contribution < 1.29 is 4.79 Å². The van der Waals surface area contributed by atoms with Crippen LogP contribution in [0.3, 0.4) is 0 Å². The van der Waals surface area contributed by atoms with Crippen LogP contribution in [0.5, 0.6) is 0 Å². The summed E-state index contributed by atoms with van der Waals surface area (Å²) in [5.41, 5.74) is 1.05. The van der Waals surface area contributed by atoms with Gasteiger partial charge in [0.15, 0.2) is 0 Å². The Morgan fingerprint density at radius 3 is 2.93 bits per heavy atom. The van der Waals surface area contributed by atoms with Crippen LogP contribution in [-0.4, -0.2) is 24.4 Å². The molecule has 1 aromatic heterocycles. The second kappa shape index (κ2) is 4.22. The van der Waals surface area contributed by atoms with Gasteiger partial charge in [0.25, 0.3) is 0 Å². The van der Waals surface area contributed by atoms with Crippen LogP contribution in [0.1, 0.15) is 18.4 Å². The second-order valence-electron chi connectivity index (χ2n) is 3.59. The Balaban J connectivity index is 2.16. The molecule has 1 aromatic rings. The standard InChI is InChI=1S/C11H14N2O/c14-8-4-10-3-5-12-11(9-10)13-6-1-2-7-13/h3,5,8-9H,1-2,4,6-7H2. The van der Waals surface area contributed by atoms with E-state index in [1.165, 1.54) is 12.8 Å². The van der Waals surface area contributed by atoms with Gasteiger partial charge in [-0.25, -0.2) is 4.98 Å². The fourth-order valence-electron chi connectivity index (χ4n) is 1.80. The Bertz CT molecular complexity index is 319. The minimum absolute atomic E-state index is 0.489. The highest BCUT2D eigenvalue weighted by atomic mass is 16.1. The molecule has 0 bridgehead atoms. The maximum absolute atomic E-state index is 10.4. The maximum Gasteiger partial charge on any atom is 0.128 e. The quantitative estimate of drug-likeness (QED) is 0.676. The molecule has 2 heterocycles. The van der Waals surface area contributed by atoms with Crippen molar-refractivity contribution in [3.63, 3.8) is 0 Å². The number of aromatic nitrogens is 1. The molecule has 0 aliphatic carbocycles. The Kier molecular flexibility index (Phi) is 2.77. The van der Waals surface area contributed by atoms with Crippen molar-refractivity contribution in [3.05, 3.63) is 23.9 Å². The molecule has 0 unspecified atom stereocenters. The first-order valence-electron chi connectivity index (χ1n) is 5.03. The summed E-state index contributed by atoms with van der Waals surface area (Å²) in [7, 11) is 0. The molecule has 1 aliphatic heterocycles. The number of carbonyl (C=O) groups excluding carboxylic acids is 1. The summed E-state index contributed by atoms with van der Waals surface area (Å²) >= 11 is 0. The van der Waals surface area contributed by atoms with Gasteiger partial charge in [-0.2, -0.15) is 0 Å². The first kappa shape index (κ1) is 9.19. The summed E-state index contributed by atoms with van der Waals surface area (Å²) in [5, 5.41) is 0. The first-order chi connectivity index (χ1) is 6.90. The van der Waals surface area contributed by atoms with Crippen molar-refractivity contribution in [1.29, 1.82) is 0 Å². The summed E-state index contributed by atoms with van der Waals surface area (Å²) in [6, 6.07) is 3.91. The van der Waals surface area contributed by atoms with E-state index in [4.69, 9.17) is 0 Å². The Labute approximate surface area is 83.8 Å². The smallest absolute Gasteiger partial charge is 0.128 e. The van der Waals surface area contributed by atoms with E-state index in [-0.39, 0.29) is 0 Å². The largest absolute Gasteiger partial charge is 0.357 e. The van der Waals surface area contributed by atoms with Gasteiger partial charge in [0.2, 0.25) is 0 Å². The van der Waals surface area contributed by atoms with E-state index in [2.05, 4.69) is 9.88 Å². The van der Waals surface area contributed by atoms with Crippen molar-refractivity contribution in [2.24, 2.45) is 0 Å². The molecule has 0 atom stereocenters. The highest BCUT2D eigenvalue weighted by Gasteiger charge is 2.13. The topological polar surface area (TPSA) is 33.2 Å². The Morgan fingerprint density at radius 1 is 1.43 bits per heavy atom. The summed E-state index contributed by atoms with van der Waals surface area (Å²) in [6.45, 7) is 2.19. The molecular formula is C11H14N2O. The first-order valence-corrected chi connectivity index (χ1v) is 5.03. The van der Waals surface area contributed by atoms with E-state index in [1.54, 1.807) is 6.20 Å². The van der Waals surface area contributed by atoms with Gasteiger partial charge in [-0.05, 0) is 30.5 Å². The molecule has 1 fully saturated rings. The van der Waals surface area contributed by atoms with E-state index in [0.717, 1.165) is 30.8 Å². The monoisotopic (exact) mass is 190 g/mol. The molecule has 3 heteroatoms. The summed E-state index contributed by atoms with van der Waals surface area (Å²) < 4.78 is 0. The van der Waals surface area contributed by atoms with Crippen molar-refractivity contribution in [3.8, 4) is 0 Å². The van der Waals surface area contributed by atoms with Gasteiger partial charge in [-0.3, -0.25) is 0 Å². The third-order valence-electron chi connectivity index (χ3n) is 2.56. The molecule has 0 amide bonds. The number of aldehydes is 1. The van der Waals surface area contributed by atoms with Crippen LogP contribution in [0.2, 0.25) is 0 Å². The molecule has 14 heavy (non-hydrogen) atoms. The molecule has 3 nitrogen and oxygen atoms in total. The number of pyridine rings is 1. The minimum Gasteiger partial charge on any atom is -0.357 e. The van der Waals surface area contributed by atoms with Crippen molar-refractivity contribution in [2.75, 3.05) is 18.0 Å². The van der Waals surface area contributed by atoms with Crippen LogP contribution in [0.15, 0.2) is 18.3 Å². The van der Waals surface area contributed by atoms with Crippen molar-refractivity contribution in [2.45, 2.75) is 19.3 Å². The van der Waals surface area contributed by atoms with Gasteiger partial charge in [0.1, 0.15) is 12.1 Å². The van der Waals surface area contributed by atoms with E-state index in [1.807, 2.05) is 12.1 Å². The van der Waals surface area contributed by atoms with Crippen LogP contribution < -0.4 is 4.90 Å². The maximum atomic E-state index is 10.4. The van der Waals surface area contributed by atoms with Gasteiger partial charge in [0.05, 0.1) is 0 Å². The highest BCUT2D eigenvalue weighted by molar-refractivity contribution is 5.56. The lowest BCUT2D eigenvalue weighted by Gasteiger charge is -2.16. The molecule has 74 valence electrons. The molecule has 0 saturated carbocycles. The molecule has 0 spiro atoms. The lowest BCUT2D eigenvalue weighted by Crippen LogP contribution is -2.18. The van der Waals surface area contributed by atoms with Gasteiger partial charge in [0, 0.05) is 25.7 Å². The normalized spacial score (nSPS) is 15.9. The third kappa shape index (κ3) is 1.92. The number of anilines is 1. The average Bonchev–Trinajstić information content (AvgIpc) is 2.71. The fraction of sp³-hybridized carbons (Fsp3) is 0.455. The van der Waals surface area contributed by atoms with Gasteiger partial charge in [-0.1, -0.05) is 0 Å². The zero-order valence-corrected chi connectivity index (χ0v) is 8.15. The minimum atomic E-state index is 0.489.